The molecule has 0 amide bonds. The maximum absolute atomic E-state index is 10.6. The molecule has 14 heavy (non-hydrogen) atoms. The maximum atomic E-state index is 10.6. The molecule has 0 aliphatic heterocycles. The van der Waals surface area contributed by atoms with Crippen molar-refractivity contribution in [2.45, 2.75) is 19.8 Å². The number of hydrogen-bond donors (Lipinski definition) is 2. The fourth-order valence-corrected chi connectivity index (χ4v) is 1.23. The first-order chi connectivity index (χ1) is 6.65. The number of aromatic amines is 1. The van der Waals surface area contributed by atoms with Crippen LogP contribution in [0.2, 0.25) is 0 Å². The summed E-state index contributed by atoms with van der Waals surface area (Å²) in [5, 5.41) is 8.70. The van der Waals surface area contributed by atoms with Gasteiger partial charge in [0.15, 0.2) is 0 Å². The summed E-state index contributed by atoms with van der Waals surface area (Å²) in [7, 11) is 0. The van der Waals surface area contributed by atoms with Crippen molar-refractivity contribution in [1.29, 1.82) is 0 Å². The lowest BCUT2D eigenvalue weighted by Gasteiger charge is -2.02. The standard InChI is InChI=1S/C10H14N2O2/c1-3-12-7-6-11-9(12)5-4-8(2)10(13)14/h3,6-8H,1,4-5H2,2H3,(H,13,14)/p+1. The van der Waals surface area contributed by atoms with Gasteiger partial charge < -0.3 is 5.11 Å². The molecule has 1 unspecified atom stereocenters. The van der Waals surface area contributed by atoms with Gasteiger partial charge in [-0.05, 0) is 6.42 Å². The lowest BCUT2D eigenvalue weighted by atomic mass is 10.1. The molecule has 1 heterocycles. The third-order valence-electron chi connectivity index (χ3n) is 2.23. The van der Waals surface area contributed by atoms with Gasteiger partial charge >= 0.3 is 5.97 Å². The number of carbonyl (C=O) groups is 1. The van der Waals surface area contributed by atoms with Crippen LogP contribution in [0.1, 0.15) is 19.2 Å². The van der Waals surface area contributed by atoms with Gasteiger partial charge in [0.1, 0.15) is 12.4 Å². The van der Waals surface area contributed by atoms with Gasteiger partial charge in [0, 0.05) is 0 Å². The van der Waals surface area contributed by atoms with E-state index in [1.807, 2.05) is 17.0 Å². The summed E-state index contributed by atoms with van der Waals surface area (Å²) >= 11 is 0. The number of aryl methyl sites for hydroxylation is 1. The van der Waals surface area contributed by atoms with Crippen LogP contribution in [0, 0.1) is 5.92 Å². The number of carboxylic acids is 1. The quantitative estimate of drug-likeness (QED) is 0.690. The van der Waals surface area contributed by atoms with Gasteiger partial charge in [0.25, 0.3) is 5.82 Å². The molecule has 1 rings (SSSR count). The molecule has 0 radical (unpaired) electrons. The molecule has 0 aliphatic carbocycles. The van der Waals surface area contributed by atoms with Crippen molar-refractivity contribution in [2.24, 2.45) is 5.92 Å². The molecule has 4 nitrogen and oxygen atoms in total. The Morgan fingerprint density at radius 1 is 1.86 bits per heavy atom. The van der Waals surface area contributed by atoms with Gasteiger partial charge in [-0.1, -0.05) is 13.5 Å². The molecule has 2 N–H and O–H groups in total. The van der Waals surface area contributed by atoms with Crippen LogP contribution in [-0.2, 0) is 11.2 Å². The van der Waals surface area contributed by atoms with Gasteiger partial charge in [-0.2, -0.15) is 0 Å². The summed E-state index contributed by atoms with van der Waals surface area (Å²) < 4.78 is 1.86. The molecule has 0 saturated heterocycles. The van der Waals surface area contributed by atoms with Crippen molar-refractivity contribution in [3.63, 3.8) is 0 Å². The highest BCUT2D eigenvalue weighted by Gasteiger charge is 2.14. The predicted octanol–water partition coefficient (Wildman–Crippen LogP) is 1.06. The lowest BCUT2D eigenvalue weighted by Crippen LogP contribution is -2.28. The topological polar surface area (TPSA) is 57.0 Å². The number of imidazole rings is 1. The maximum Gasteiger partial charge on any atom is 0.306 e. The minimum atomic E-state index is -0.748. The monoisotopic (exact) mass is 195 g/mol. The first-order valence-electron chi connectivity index (χ1n) is 4.58. The molecule has 0 aromatic carbocycles. The minimum absolute atomic E-state index is 0.309. The zero-order valence-corrected chi connectivity index (χ0v) is 8.23. The van der Waals surface area contributed by atoms with Crippen LogP contribution < -0.4 is 4.57 Å². The lowest BCUT2D eigenvalue weighted by molar-refractivity contribution is -0.575. The van der Waals surface area contributed by atoms with E-state index in [0.29, 0.717) is 12.8 Å². The van der Waals surface area contributed by atoms with Gasteiger partial charge in [0.2, 0.25) is 0 Å². The van der Waals surface area contributed by atoms with E-state index >= 15 is 0 Å². The molecule has 1 atom stereocenters. The van der Waals surface area contributed by atoms with Gasteiger partial charge in [0.05, 0.1) is 18.5 Å². The summed E-state index contributed by atoms with van der Waals surface area (Å²) in [5.41, 5.74) is 0. The molecule has 0 saturated carbocycles. The molecule has 0 bridgehead atoms. The Hall–Kier alpha value is -1.58. The average molecular weight is 195 g/mol. The second kappa shape index (κ2) is 4.60. The Kier molecular flexibility index (Phi) is 3.45. The van der Waals surface area contributed by atoms with E-state index in [1.54, 1.807) is 13.1 Å². The van der Waals surface area contributed by atoms with E-state index in [4.69, 9.17) is 5.11 Å². The number of aliphatic carboxylic acids is 1. The smallest absolute Gasteiger partial charge is 0.306 e. The van der Waals surface area contributed by atoms with E-state index in [-0.39, 0.29) is 5.92 Å². The number of nitrogens with zero attached hydrogens (tertiary/aromatic N) is 1. The van der Waals surface area contributed by atoms with Gasteiger partial charge in [-0.3, -0.25) is 4.79 Å². The molecule has 76 valence electrons. The SMILES string of the molecule is C=C[n+]1cc[nH]c1CCC(C)C(=O)O. The second-order valence-corrected chi connectivity index (χ2v) is 3.27. The van der Waals surface area contributed by atoms with Crippen LogP contribution in [0.15, 0.2) is 19.0 Å². The number of H-pyrrole nitrogens is 1. The highest BCUT2D eigenvalue weighted by atomic mass is 16.4. The Balaban J connectivity index is 2.53. The average Bonchev–Trinajstić information content (AvgIpc) is 2.60. The fraction of sp³-hybridized carbons (Fsp3) is 0.400. The number of aromatic nitrogens is 2. The van der Waals surface area contributed by atoms with Crippen LogP contribution in [0.3, 0.4) is 0 Å². The zero-order valence-electron chi connectivity index (χ0n) is 8.23. The fourth-order valence-electron chi connectivity index (χ4n) is 1.23. The van der Waals surface area contributed by atoms with E-state index in [2.05, 4.69) is 11.6 Å². The number of rotatable bonds is 5. The normalized spacial score (nSPS) is 12.4. The van der Waals surface area contributed by atoms with Gasteiger partial charge in [-0.15, -0.1) is 0 Å². The number of carboxylic acid groups (broad SMARTS) is 1. The zero-order chi connectivity index (χ0) is 10.6. The summed E-state index contributed by atoms with van der Waals surface area (Å²) in [6, 6.07) is 0. The molecule has 4 heteroatoms. The van der Waals surface area contributed by atoms with Crippen molar-refractivity contribution in [2.75, 3.05) is 0 Å². The van der Waals surface area contributed by atoms with Crippen molar-refractivity contribution in [3.8, 4) is 0 Å². The summed E-state index contributed by atoms with van der Waals surface area (Å²) in [4.78, 5) is 13.6. The van der Waals surface area contributed by atoms with Crippen LogP contribution in [0.25, 0.3) is 6.20 Å². The largest absolute Gasteiger partial charge is 0.481 e. The van der Waals surface area contributed by atoms with Crippen molar-refractivity contribution >= 4 is 12.2 Å². The molecule has 0 spiro atoms. The summed E-state index contributed by atoms with van der Waals surface area (Å²) in [6.45, 7) is 5.36. The van der Waals surface area contributed by atoms with Crippen molar-refractivity contribution in [3.05, 3.63) is 24.8 Å². The predicted molar refractivity (Wildman–Crippen MR) is 52.5 cm³/mol. The Labute approximate surface area is 82.9 Å². The minimum Gasteiger partial charge on any atom is -0.481 e. The molecule has 1 aromatic rings. The van der Waals surface area contributed by atoms with Crippen LogP contribution >= 0.6 is 0 Å². The highest BCUT2D eigenvalue weighted by Crippen LogP contribution is 2.05. The third kappa shape index (κ3) is 2.45. The third-order valence-corrected chi connectivity index (χ3v) is 2.23. The Morgan fingerprint density at radius 3 is 3.14 bits per heavy atom. The van der Waals surface area contributed by atoms with Crippen LogP contribution in [0.5, 0.6) is 0 Å². The van der Waals surface area contributed by atoms with Crippen LogP contribution in [-0.4, -0.2) is 16.1 Å². The number of nitrogens with one attached hydrogen (secondary N) is 1. The molecule has 1 aromatic heterocycles. The van der Waals surface area contributed by atoms with E-state index in [0.717, 1.165) is 5.82 Å². The Morgan fingerprint density at radius 2 is 2.57 bits per heavy atom. The van der Waals surface area contributed by atoms with Crippen molar-refractivity contribution in [1.82, 2.24) is 4.98 Å². The highest BCUT2D eigenvalue weighted by molar-refractivity contribution is 5.69. The van der Waals surface area contributed by atoms with E-state index < -0.39 is 5.97 Å². The first-order valence-corrected chi connectivity index (χ1v) is 4.58. The summed E-state index contributed by atoms with van der Waals surface area (Å²) in [6.07, 6.45) is 6.70. The molecular weight excluding hydrogens is 180 g/mol. The van der Waals surface area contributed by atoms with E-state index in [9.17, 15) is 4.79 Å². The van der Waals surface area contributed by atoms with Crippen molar-refractivity contribution < 1.29 is 14.5 Å². The Bertz CT molecular complexity index is 331. The molecule has 0 aliphatic rings. The first kappa shape index (κ1) is 10.5. The van der Waals surface area contributed by atoms with E-state index in [1.165, 1.54) is 0 Å². The van der Waals surface area contributed by atoms with Crippen LogP contribution in [0.4, 0.5) is 0 Å². The molecule has 0 fully saturated rings. The molecular formula is C10H15N2O2+. The summed E-state index contributed by atoms with van der Waals surface area (Å²) in [5.74, 6) is -0.0774. The van der Waals surface area contributed by atoms with Gasteiger partial charge in [-0.25, -0.2) is 9.55 Å². The second-order valence-electron chi connectivity index (χ2n) is 3.27. The number of hydrogen-bond acceptors (Lipinski definition) is 1.